The Bertz CT molecular complexity index is 500. The Hall–Kier alpha value is -1.68. The molecule has 0 N–H and O–H groups in total. The first-order chi connectivity index (χ1) is 8.54. The Morgan fingerprint density at radius 1 is 1.56 bits per heavy atom. The lowest BCUT2D eigenvalue weighted by Gasteiger charge is -2.12. The van der Waals surface area contributed by atoms with Gasteiger partial charge in [-0.1, -0.05) is 15.9 Å². The number of alkyl halides is 3. The molecule has 1 aromatic carbocycles. The molecule has 1 rings (SSSR count). The van der Waals surface area contributed by atoms with Crippen molar-refractivity contribution in [3.05, 3.63) is 28.8 Å². The molecule has 96 valence electrons. The van der Waals surface area contributed by atoms with Crippen molar-refractivity contribution in [2.45, 2.75) is 11.9 Å². The molecule has 0 saturated heterocycles. The van der Waals surface area contributed by atoms with Gasteiger partial charge >= 0.3 is 12.6 Å². The van der Waals surface area contributed by atoms with Crippen LogP contribution in [0.1, 0.15) is 21.5 Å². The second-order valence-electron chi connectivity index (χ2n) is 3.08. The van der Waals surface area contributed by atoms with E-state index >= 15 is 0 Å². The highest BCUT2D eigenvalue weighted by molar-refractivity contribution is 9.08. The van der Waals surface area contributed by atoms with Crippen LogP contribution in [0.3, 0.4) is 0 Å². The summed E-state index contributed by atoms with van der Waals surface area (Å²) in [5.74, 6) is -0.858. The summed E-state index contributed by atoms with van der Waals surface area (Å²) in [6, 6.07) is 4.21. The molecule has 7 heteroatoms. The van der Waals surface area contributed by atoms with Gasteiger partial charge in [-0.3, -0.25) is 0 Å². The Morgan fingerprint density at radius 2 is 2.22 bits per heavy atom. The second kappa shape index (κ2) is 6.31. The zero-order chi connectivity index (χ0) is 13.7. The number of benzene rings is 1. The predicted molar refractivity (Wildman–Crippen MR) is 61.8 cm³/mol. The zero-order valence-electron chi connectivity index (χ0n) is 9.25. The number of esters is 1. The molecular weight excluding hydrogens is 312 g/mol. The summed E-state index contributed by atoms with van der Waals surface area (Å²) < 4.78 is 33.2. The maximum absolute atomic E-state index is 12.2. The Balaban J connectivity index is 3.37. The molecule has 0 unspecified atom stereocenters. The minimum atomic E-state index is -3.00. The van der Waals surface area contributed by atoms with Crippen LogP contribution in [0, 0.1) is 11.3 Å². The summed E-state index contributed by atoms with van der Waals surface area (Å²) in [6.45, 7) is -3.00. The lowest BCUT2D eigenvalue weighted by atomic mass is 10.0. The van der Waals surface area contributed by atoms with E-state index in [9.17, 15) is 13.6 Å². The molecule has 4 nitrogen and oxygen atoms in total. The van der Waals surface area contributed by atoms with E-state index in [-0.39, 0.29) is 27.8 Å². The highest BCUT2D eigenvalue weighted by Crippen LogP contribution is 2.29. The highest BCUT2D eigenvalue weighted by Gasteiger charge is 2.20. The molecule has 0 aromatic heterocycles. The van der Waals surface area contributed by atoms with E-state index in [0.717, 1.165) is 0 Å². The van der Waals surface area contributed by atoms with Crippen molar-refractivity contribution >= 4 is 21.9 Å². The molecule has 18 heavy (non-hydrogen) atoms. The van der Waals surface area contributed by atoms with Gasteiger partial charge in [0.05, 0.1) is 18.2 Å². The number of halogens is 3. The van der Waals surface area contributed by atoms with Crippen molar-refractivity contribution in [3.8, 4) is 11.8 Å². The topological polar surface area (TPSA) is 59.3 Å². The molecule has 0 bridgehead atoms. The van der Waals surface area contributed by atoms with Gasteiger partial charge < -0.3 is 9.47 Å². The summed E-state index contributed by atoms with van der Waals surface area (Å²) in [6.07, 6.45) is 0. The first-order valence-corrected chi connectivity index (χ1v) is 5.82. The summed E-state index contributed by atoms with van der Waals surface area (Å²) >= 11 is 3.07. The van der Waals surface area contributed by atoms with Crippen LogP contribution in [0.15, 0.2) is 12.1 Å². The number of ether oxygens (including phenoxy) is 2. The van der Waals surface area contributed by atoms with Crippen LogP contribution >= 0.6 is 15.9 Å². The van der Waals surface area contributed by atoms with Gasteiger partial charge in [0.15, 0.2) is 0 Å². The van der Waals surface area contributed by atoms with Gasteiger partial charge in [0.1, 0.15) is 11.8 Å². The standard InChI is InChI=1S/C11H8BrF2NO3/c1-17-10(16)6-2-3-9(18-11(13)14)7(4-12)8(6)5-15/h2-3,11H,4H2,1H3. The molecule has 0 heterocycles. The molecule has 0 atom stereocenters. The van der Waals surface area contributed by atoms with E-state index in [2.05, 4.69) is 25.4 Å². The molecule has 0 aliphatic rings. The first-order valence-electron chi connectivity index (χ1n) is 4.70. The molecule has 0 radical (unpaired) electrons. The van der Waals surface area contributed by atoms with Crippen molar-refractivity contribution in [2.24, 2.45) is 0 Å². The van der Waals surface area contributed by atoms with E-state index in [0.29, 0.717) is 0 Å². The van der Waals surface area contributed by atoms with E-state index in [1.807, 2.05) is 0 Å². The Morgan fingerprint density at radius 3 is 2.67 bits per heavy atom. The average Bonchev–Trinajstić information content (AvgIpc) is 2.36. The third-order valence-corrected chi connectivity index (χ3v) is 2.70. The van der Waals surface area contributed by atoms with Crippen LogP contribution in [0.4, 0.5) is 8.78 Å². The smallest absolute Gasteiger partial charge is 0.387 e. The highest BCUT2D eigenvalue weighted by atomic mass is 79.9. The molecule has 0 fully saturated rings. The van der Waals surface area contributed by atoms with Crippen molar-refractivity contribution in [1.29, 1.82) is 5.26 Å². The van der Waals surface area contributed by atoms with Crippen molar-refractivity contribution in [3.63, 3.8) is 0 Å². The number of hydrogen-bond acceptors (Lipinski definition) is 4. The minimum Gasteiger partial charge on any atom is -0.465 e. The van der Waals surface area contributed by atoms with E-state index in [4.69, 9.17) is 5.26 Å². The van der Waals surface area contributed by atoms with Gasteiger partial charge in [0.2, 0.25) is 0 Å². The monoisotopic (exact) mass is 319 g/mol. The van der Waals surface area contributed by atoms with Crippen LogP contribution < -0.4 is 4.74 Å². The number of hydrogen-bond donors (Lipinski definition) is 0. The molecule has 0 amide bonds. The molecule has 1 aromatic rings. The second-order valence-corrected chi connectivity index (χ2v) is 3.64. The molecule has 0 aliphatic heterocycles. The Labute approximate surface area is 110 Å². The summed E-state index contributed by atoms with van der Waals surface area (Å²) in [7, 11) is 1.17. The number of methoxy groups -OCH3 is 1. The SMILES string of the molecule is COC(=O)c1ccc(OC(F)F)c(CBr)c1C#N. The zero-order valence-corrected chi connectivity index (χ0v) is 10.8. The lowest BCUT2D eigenvalue weighted by Crippen LogP contribution is -2.10. The van der Waals surface area contributed by atoms with E-state index in [1.165, 1.54) is 19.2 Å². The van der Waals surface area contributed by atoms with Gasteiger partial charge in [-0.05, 0) is 12.1 Å². The quantitative estimate of drug-likeness (QED) is 0.632. The first kappa shape index (κ1) is 14.4. The molecule has 0 aliphatic carbocycles. The van der Waals surface area contributed by atoms with E-state index < -0.39 is 12.6 Å². The van der Waals surface area contributed by atoms with Crippen molar-refractivity contribution in [1.82, 2.24) is 0 Å². The molecule has 0 spiro atoms. The number of carbonyl (C=O) groups is 1. The summed E-state index contributed by atoms with van der Waals surface area (Å²) in [4.78, 5) is 11.4. The van der Waals surface area contributed by atoms with Crippen LogP contribution in [0.25, 0.3) is 0 Å². The van der Waals surface area contributed by atoms with Gasteiger partial charge in [0, 0.05) is 10.9 Å². The summed E-state index contributed by atoms with van der Waals surface area (Å²) in [5, 5.41) is 9.11. The third-order valence-electron chi connectivity index (χ3n) is 2.14. The maximum Gasteiger partial charge on any atom is 0.387 e. The number of nitrogens with zero attached hydrogens (tertiary/aromatic N) is 1. The van der Waals surface area contributed by atoms with Gasteiger partial charge in [-0.25, -0.2) is 4.79 Å². The molecule has 0 saturated carbocycles. The largest absolute Gasteiger partial charge is 0.465 e. The normalized spacial score (nSPS) is 10.0. The van der Waals surface area contributed by atoms with Gasteiger partial charge in [-0.15, -0.1) is 0 Å². The lowest BCUT2D eigenvalue weighted by molar-refractivity contribution is -0.0503. The van der Waals surface area contributed by atoms with Crippen LogP contribution in [0.2, 0.25) is 0 Å². The van der Waals surface area contributed by atoms with Crippen molar-refractivity contribution in [2.75, 3.05) is 7.11 Å². The average molecular weight is 320 g/mol. The van der Waals surface area contributed by atoms with Crippen LogP contribution in [0.5, 0.6) is 5.75 Å². The van der Waals surface area contributed by atoms with Crippen LogP contribution in [-0.2, 0) is 10.1 Å². The fourth-order valence-corrected chi connectivity index (χ4v) is 1.93. The fraction of sp³-hybridized carbons (Fsp3) is 0.273. The predicted octanol–water partition coefficient (Wildman–Crippen LogP) is 2.84. The number of rotatable bonds is 4. The third kappa shape index (κ3) is 2.96. The van der Waals surface area contributed by atoms with Crippen molar-refractivity contribution < 1.29 is 23.0 Å². The van der Waals surface area contributed by atoms with E-state index in [1.54, 1.807) is 6.07 Å². The number of carbonyl (C=O) groups excluding carboxylic acids is 1. The molecular formula is C11H8BrF2NO3. The maximum atomic E-state index is 12.2. The summed E-state index contributed by atoms with van der Waals surface area (Å²) in [5.41, 5.74) is 0.147. The fourth-order valence-electron chi connectivity index (χ4n) is 1.38. The van der Waals surface area contributed by atoms with Crippen LogP contribution in [-0.4, -0.2) is 19.7 Å². The minimum absolute atomic E-state index is 0.0102. The van der Waals surface area contributed by atoms with Gasteiger partial charge in [-0.2, -0.15) is 14.0 Å². The van der Waals surface area contributed by atoms with Gasteiger partial charge in [0.25, 0.3) is 0 Å². The Kier molecular flexibility index (Phi) is 5.04. The number of nitriles is 1.